The molecule has 0 saturated carbocycles. The van der Waals surface area contributed by atoms with Gasteiger partial charge in [-0.3, -0.25) is 0 Å². The molecular weight excluding hydrogens is 404 g/mol. The molecule has 0 amide bonds. The fraction of sp³-hybridized carbons (Fsp3) is 0.167. The molecule has 0 unspecified atom stereocenters. The van der Waals surface area contributed by atoms with Gasteiger partial charge in [0.15, 0.2) is 10.8 Å². The number of hydrogen-bond acceptors (Lipinski definition) is 7. The molecule has 2 aromatic carbocycles. The van der Waals surface area contributed by atoms with Crippen molar-refractivity contribution in [3.63, 3.8) is 0 Å². The van der Waals surface area contributed by atoms with Crippen LogP contribution in [0.5, 0.6) is 11.5 Å². The summed E-state index contributed by atoms with van der Waals surface area (Å²) in [5.74, 6) is 3.05. The minimum Gasteiger partial charge on any atom is -0.497 e. The second-order valence-corrected chi connectivity index (χ2v) is 7.47. The fourth-order valence-corrected chi connectivity index (χ4v) is 3.94. The summed E-state index contributed by atoms with van der Waals surface area (Å²) in [5.41, 5.74) is 0. The summed E-state index contributed by atoms with van der Waals surface area (Å²) in [4.78, 5) is 1.97. The van der Waals surface area contributed by atoms with Crippen LogP contribution in [0.2, 0.25) is 0 Å². The van der Waals surface area contributed by atoms with E-state index in [1.807, 2.05) is 42.5 Å². The summed E-state index contributed by atoms with van der Waals surface area (Å²) in [6.07, 6.45) is 0. The smallest absolute Gasteiger partial charge is 0.234 e. The van der Waals surface area contributed by atoms with Gasteiger partial charge in [-0.2, -0.15) is 9.61 Å². The largest absolute Gasteiger partial charge is 0.497 e. The van der Waals surface area contributed by atoms with Gasteiger partial charge in [0.25, 0.3) is 0 Å². The van der Waals surface area contributed by atoms with Crippen molar-refractivity contribution in [1.29, 1.82) is 0 Å². The highest BCUT2D eigenvalue weighted by molar-refractivity contribution is 7.98. The number of benzene rings is 2. The van der Waals surface area contributed by atoms with Crippen molar-refractivity contribution >= 4 is 40.5 Å². The molecule has 0 bridgehead atoms. The Morgan fingerprint density at radius 2 is 1.85 bits per heavy atom. The lowest BCUT2D eigenvalue weighted by Crippen LogP contribution is -1.99. The van der Waals surface area contributed by atoms with Crippen LogP contribution in [0.1, 0.15) is 10.8 Å². The van der Waals surface area contributed by atoms with E-state index in [1.165, 1.54) is 16.2 Å². The van der Waals surface area contributed by atoms with Crippen LogP contribution >= 0.6 is 35.5 Å². The molecule has 2 heterocycles. The Kier molecular flexibility index (Phi) is 6.54. The lowest BCUT2D eigenvalue weighted by molar-refractivity contribution is 0.301. The number of fused-ring (bicyclic) bond motifs is 1. The van der Waals surface area contributed by atoms with Crippen LogP contribution in [0, 0.1) is 0 Å². The molecule has 2 aromatic heterocycles. The van der Waals surface area contributed by atoms with Crippen molar-refractivity contribution in [3.8, 4) is 11.5 Å². The maximum Gasteiger partial charge on any atom is 0.234 e. The van der Waals surface area contributed by atoms with Crippen LogP contribution < -0.4 is 9.47 Å². The topological polar surface area (TPSA) is 61.5 Å². The molecule has 140 valence electrons. The zero-order chi connectivity index (χ0) is 17.8. The Morgan fingerprint density at radius 3 is 2.67 bits per heavy atom. The lowest BCUT2D eigenvalue weighted by Gasteiger charge is -2.05. The molecule has 0 aliphatic rings. The first kappa shape index (κ1) is 19.5. The van der Waals surface area contributed by atoms with E-state index < -0.39 is 0 Å². The van der Waals surface area contributed by atoms with Gasteiger partial charge in [-0.1, -0.05) is 35.6 Å². The highest BCUT2D eigenvalue weighted by Crippen LogP contribution is 2.24. The number of nitrogens with zero attached hydrogens (tertiary/aromatic N) is 4. The van der Waals surface area contributed by atoms with Crippen LogP contribution in [0.4, 0.5) is 0 Å². The van der Waals surface area contributed by atoms with E-state index in [9.17, 15) is 0 Å². The van der Waals surface area contributed by atoms with Gasteiger partial charge in [0.2, 0.25) is 4.96 Å². The van der Waals surface area contributed by atoms with Gasteiger partial charge in [-0.15, -0.1) is 34.4 Å². The Morgan fingerprint density at radius 1 is 1.04 bits per heavy atom. The van der Waals surface area contributed by atoms with Crippen LogP contribution in [-0.4, -0.2) is 26.9 Å². The SMILES string of the molecule is COc1cccc(OCc2nn3c(CSc4ccccc4)nnc3s2)c1.Cl. The number of rotatable bonds is 7. The van der Waals surface area contributed by atoms with E-state index in [1.54, 1.807) is 23.4 Å². The molecule has 0 saturated heterocycles. The number of hydrogen-bond donors (Lipinski definition) is 0. The zero-order valence-electron chi connectivity index (χ0n) is 14.4. The van der Waals surface area contributed by atoms with Gasteiger partial charge in [0, 0.05) is 11.0 Å². The van der Waals surface area contributed by atoms with Gasteiger partial charge in [-0.05, 0) is 24.3 Å². The third kappa shape index (κ3) is 4.71. The molecule has 9 heteroatoms. The van der Waals surface area contributed by atoms with Crippen molar-refractivity contribution in [2.75, 3.05) is 7.11 Å². The predicted molar refractivity (Wildman–Crippen MR) is 109 cm³/mol. The molecule has 0 atom stereocenters. The van der Waals surface area contributed by atoms with Crippen LogP contribution in [0.3, 0.4) is 0 Å². The fourth-order valence-electron chi connectivity index (χ4n) is 2.35. The number of halogens is 1. The number of methoxy groups -OCH3 is 1. The van der Waals surface area contributed by atoms with Crippen LogP contribution in [-0.2, 0) is 12.4 Å². The maximum atomic E-state index is 5.80. The average Bonchev–Trinajstić information content (AvgIpc) is 3.26. The molecular formula is C18H17ClN4O2S2. The van der Waals surface area contributed by atoms with E-state index in [-0.39, 0.29) is 12.4 Å². The highest BCUT2D eigenvalue weighted by atomic mass is 35.5. The maximum absolute atomic E-state index is 5.80. The number of thioether (sulfide) groups is 1. The normalized spacial score (nSPS) is 10.6. The molecule has 0 spiro atoms. The van der Waals surface area contributed by atoms with Crippen LogP contribution in [0.15, 0.2) is 59.5 Å². The average molecular weight is 421 g/mol. The molecule has 0 aliphatic carbocycles. The van der Waals surface area contributed by atoms with Crippen molar-refractivity contribution in [2.24, 2.45) is 0 Å². The number of aromatic nitrogens is 4. The molecule has 0 N–H and O–H groups in total. The van der Waals surface area contributed by atoms with Crippen molar-refractivity contribution in [3.05, 3.63) is 65.4 Å². The van der Waals surface area contributed by atoms with Gasteiger partial charge < -0.3 is 9.47 Å². The molecule has 0 radical (unpaired) electrons. The van der Waals surface area contributed by atoms with E-state index in [2.05, 4.69) is 27.4 Å². The highest BCUT2D eigenvalue weighted by Gasteiger charge is 2.12. The Hall–Kier alpha value is -2.29. The Labute approximate surface area is 170 Å². The van der Waals surface area contributed by atoms with Crippen LogP contribution in [0.25, 0.3) is 4.96 Å². The summed E-state index contributed by atoms with van der Waals surface area (Å²) in [6, 6.07) is 17.7. The summed E-state index contributed by atoms with van der Waals surface area (Å²) in [7, 11) is 1.64. The van der Waals surface area contributed by atoms with E-state index >= 15 is 0 Å². The zero-order valence-corrected chi connectivity index (χ0v) is 16.9. The third-order valence-electron chi connectivity index (χ3n) is 3.61. The van der Waals surface area contributed by atoms with Gasteiger partial charge in [-0.25, -0.2) is 0 Å². The molecule has 27 heavy (non-hydrogen) atoms. The molecule has 0 fully saturated rings. The summed E-state index contributed by atoms with van der Waals surface area (Å²) < 4.78 is 12.8. The van der Waals surface area contributed by atoms with Crippen molar-refractivity contribution < 1.29 is 9.47 Å². The van der Waals surface area contributed by atoms with E-state index in [4.69, 9.17) is 9.47 Å². The monoisotopic (exact) mass is 420 g/mol. The third-order valence-corrected chi connectivity index (χ3v) is 5.49. The summed E-state index contributed by atoms with van der Waals surface area (Å²) >= 11 is 3.19. The molecule has 0 aliphatic heterocycles. The Balaban J connectivity index is 0.00000210. The van der Waals surface area contributed by atoms with Crippen molar-refractivity contribution in [1.82, 2.24) is 19.8 Å². The quantitative estimate of drug-likeness (QED) is 0.410. The second-order valence-electron chi connectivity index (χ2n) is 5.38. The van der Waals surface area contributed by atoms with Gasteiger partial charge in [0.1, 0.15) is 18.1 Å². The molecule has 4 aromatic rings. The van der Waals surface area contributed by atoms with Crippen molar-refractivity contribution in [2.45, 2.75) is 17.3 Å². The number of ether oxygens (including phenoxy) is 2. The lowest BCUT2D eigenvalue weighted by atomic mass is 10.3. The molecule has 4 rings (SSSR count). The van der Waals surface area contributed by atoms with E-state index in [0.717, 1.165) is 27.3 Å². The first-order valence-electron chi connectivity index (χ1n) is 7.96. The standard InChI is InChI=1S/C18H16N4O2S2.ClH/c1-23-13-6-5-7-14(10-13)24-11-17-21-22-16(19-20-18(22)26-17)12-25-15-8-3-2-4-9-15;/h2-10H,11-12H2,1H3;1H. The first-order chi connectivity index (χ1) is 12.8. The summed E-state index contributed by atoms with van der Waals surface area (Å²) in [6.45, 7) is 0.381. The first-order valence-corrected chi connectivity index (χ1v) is 9.77. The van der Waals surface area contributed by atoms with Gasteiger partial charge >= 0.3 is 0 Å². The predicted octanol–water partition coefficient (Wildman–Crippen LogP) is 4.49. The van der Waals surface area contributed by atoms with Gasteiger partial charge in [0.05, 0.1) is 12.9 Å². The minimum atomic E-state index is 0. The molecule has 6 nitrogen and oxygen atoms in total. The minimum absolute atomic E-state index is 0. The summed E-state index contributed by atoms with van der Waals surface area (Å²) in [5, 5.41) is 13.9. The second kappa shape index (κ2) is 9.07. The Bertz CT molecular complexity index is 1010. The van der Waals surface area contributed by atoms with E-state index in [0.29, 0.717) is 12.4 Å².